The molecule has 1 aromatic carbocycles. The molecule has 0 amide bonds. The highest BCUT2D eigenvalue weighted by Crippen LogP contribution is 2.35. The van der Waals surface area contributed by atoms with E-state index in [-0.39, 0.29) is 11.2 Å². The Hall–Kier alpha value is -1.09. The number of halogens is 1. The summed E-state index contributed by atoms with van der Waals surface area (Å²) in [5.74, 6) is -0.286. The molecule has 1 heterocycles. The summed E-state index contributed by atoms with van der Waals surface area (Å²) in [6.07, 6.45) is 1.72. The Labute approximate surface area is 108 Å². The van der Waals surface area contributed by atoms with E-state index in [1.54, 1.807) is 13.0 Å². The predicted octanol–water partition coefficient (Wildman–Crippen LogP) is 3.51. The molecule has 1 atom stereocenters. The van der Waals surface area contributed by atoms with Crippen molar-refractivity contribution in [2.45, 2.75) is 39.7 Å². The first-order valence-corrected chi connectivity index (χ1v) is 6.61. The van der Waals surface area contributed by atoms with E-state index in [1.807, 2.05) is 0 Å². The third-order valence-electron chi connectivity index (χ3n) is 3.68. The molecule has 1 fully saturated rings. The van der Waals surface area contributed by atoms with Crippen molar-refractivity contribution in [3.8, 4) is 0 Å². The summed E-state index contributed by atoms with van der Waals surface area (Å²) in [5.41, 5.74) is 1.94. The second-order valence-electron chi connectivity index (χ2n) is 6.07. The molecule has 1 N–H and O–H groups in total. The lowest BCUT2D eigenvalue weighted by molar-refractivity contribution is 0.198. The van der Waals surface area contributed by atoms with Crippen LogP contribution in [0.25, 0.3) is 0 Å². The van der Waals surface area contributed by atoms with Gasteiger partial charge in [0.05, 0.1) is 6.10 Å². The van der Waals surface area contributed by atoms with Crippen LogP contribution in [0.2, 0.25) is 0 Å². The molecule has 1 aliphatic rings. The largest absolute Gasteiger partial charge is 0.389 e. The average molecular weight is 251 g/mol. The maximum absolute atomic E-state index is 13.3. The van der Waals surface area contributed by atoms with Crippen LogP contribution in [-0.4, -0.2) is 18.2 Å². The monoisotopic (exact) mass is 251 g/mol. The Morgan fingerprint density at radius 1 is 1.39 bits per heavy atom. The highest BCUT2D eigenvalue weighted by molar-refractivity contribution is 5.55. The van der Waals surface area contributed by atoms with Crippen molar-refractivity contribution in [1.82, 2.24) is 0 Å². The maximum Gasteiger partial charge on any atom is 0.123 e. The molecule has 1 aliphatic heterocycles. The number of rotatable bonds is 2. The first-order valence-electron chi connectivity index (χ1n) is 6.61. The highest BCUT2D eigenvalue weighted by Gasteiger charge is 2.28. The Bertz CT molecular complexity index is 429. The number of aliphatic hydroxyl groups is 1. The van der Waals surface area contributed by atoms with Crippen LogP contribution in [0.5, 0.6) is 0 Å². The van der Waals surface area contributed by atoms with Gasteiger partial charge in [0.25, 0.3) is 0 Å². The second kappa shape index (κ2) is 4.88. The lowest BCUT2D eigenvalue weighted by atomic mass is 9.83. The summed E-state index contributed by atoms with van der Waals surface area (Å²) >= 11 is 0. The van der Waals surface area contributed by atoms with Crippen LogP contribution >= 0.6 is 0 Å². The molecule has 0 radical (unpaired) electrons. The lowest BCUT2D eigenvalue weighted by Crippen LogP contribution is -2.40. The van der Waals surface area contributed by atoms with Crippen molar-refractivity contribution >= 4 is 5.69 Å². The number of piperidine rings is 1. The molecule has 0 saturated carbocycles. The molecule has 0 unspecified atom stereocenters. The van der Waals surface area contributed by atoms with Gasteiger partial charge in [-0.1, -0.05) is 13.8 Å². The zero-order chi connectivity index (χ0) is 13.3. The minimum absolute atomic E-state index is 0.280. The number of hydrogen-bond donors (Lipinski definition) is 1. The summed E-state index contributed by atoms with van der Waals surface area (Å²) in [7, 11) is 0. The van der Waals surface area contributed by atoms with Crippen molar-refractivity contribution in [1.29, 1.82) is 0 Å². The highest BCUT2D eigenvalue weighted by atomic mass is 19.1. The van der Waals surface area contributed by atoms with Crippen molar-refractivity contribution in [2.75, 3.05) is 18.0 Å². The van der Waals surface area contributed by atoms with Gasteiger partial charge in [-0.2, -0.15) is 0 Å². The SMILES string of the molecule is C[C@@H](O)c1cc(F)ccc1N1CCCC(C)(C)C1. The summed E-state index contributed by atoms with van der Waals surface area (Å²) in [4.78, 5) is 2.27. The summed E-state index contributed by atoms with van der Waals surface area (Å²) in [6, 6.07) is 4.71. The quantitative estimate of drug-likeness (QED) is 0.869. The van der Waals surface area contributed by atoms with Gasteiger partial charge in [0, 0.05) is 24.3 Å². The fourth-order valence-corrected chi connectivity index (χ4v) is 2.78. The maximum atomic E-state index is 13.3. The molecule has 3 heteroatoms. The second-order valence-corrected chi connectivity index (χ2v) is 6.07. The number of aliphatic hydroxyl groups excluding tert-OH is 1. The number of anilines is 1. The van der Waals surface area contributed by atoms with Crippen molar-refractivity contribution in [2.24, 2.45) is 5.41 Å². The number of nitrogens with zero attached hydrogens (tertiary/aromatic N) is 1. The first-order chi connectivity index (χ1) is 8.39. The molecule has 18 heavy (non-hydrogen) atoms. The molecular weight excluding hydrogens is 229 g/mol. The lowest BCUT2D eigenvalue weighted by Gasteiger charge is -2.40. The molecule has 0 bridgehead atoms. The minimum Gasteiger partial charge on any atom is -0.389 e. The van der Waals surface area contributed by atoms with E-state index in [0.717, 1.165) is 25.2 Å². The van der Waals surface area contributed by atoms with E-state index < -0.39 is 6.10 Å². The zero-order valence-electron chi connectivity index (χ0n) is 11.4. The smallest absolute Gasteiger partial charge is 0.123 e. The van der Waals surface area contributed by atoms with E-state index in [4.69, 9.17) is 0 Å². The Morgan fingerprint density at radius 2 is 2.11 bits per heavy atom. The summed E-state index contributed by atoms with van der Waals surface area (Å²) in [6.45, 7) is 8.13. The molecule has 0 aromatic heterocycles. The number of benzene rings is 1. The number of hydrogen-bond acceptors (Lipinski definition) is 2. The van der Waals surface area contributed by atoms with Gasteiger partial charge < -0.3 is 10.0 Å². The van der Waals surface area contributed by atoms with Gasteiger partial charge in [0.1, 0.15) is 5.82 Å². The topological polar surface area (TPSA) is 23.5 Å². The van der Waals surface area contributed by atoms with E-state index in [2.05, 4.69) is 18.7 Å². The summed E-state index contributed by atoms with van der Waals surface area (Å²) < 4.78 is 13.3. The van der Waals surface area contributed by atoms with Gasteiger partial charge in [-0.25, -0.2) is 4.39 Å². The van der Waals surface area contributed by atoms with Gasteiger partial charge >= 0.3 is 0 Å². The van der Waals surface area contributed by atoms with Crippen LogP contribution in [-0.2, 0) is 0 Å². The Kier molecular flexibility index (Phi) is 3.62. The molecule has 2 rings (SSSR count). The van der Waals surface area contributed by atoms with Crippen LogP contribution in [0.4, 0.5) is 10.1 Å². The molecule has 2 nitrogen and oxygen atoms in total. The van der Waals surface area contributed by atoms with Crippen LogP contribution in [0.15, 0.2) is 18.2 Å². The van der Waals surface area contributed by atoms with E-state index in [1.165, 1.54) is 18.6 Å². The molecule has 0 aliphatic carbocycles. The van der Waals surface area contributed by atoms with E-state index in [9.17, 15) is 9.50 Å². The molecule has 0 spiro atoms. The molecule has 1 saturated heterocycles. The average Bonchev–Trinajstić information content (AvgIpc) is 2.27. The normalized spacial score (nSPS) is 20.8. The molecule has 1 aromatic rings. The van der Waals surface area contributed by atoms with Gasteiger partial charge in [0.2, 0.25) is 0 Å². The van der Waals surface area contributed by atoms with E-state index in [0.29, 0.717) is 5.56 Å². The van der Waals surface area contributed by atoms with Gasteiger partial charge in [-0.05, 0) is 43.4 Å². The fourth-order valence-electron chi connectivity index (χ4n) is 2.78. The van der Waals surface area contributed by atoms with Gasteiger partial charge in [-0.15, -0.1) is 0 Å². The van der Waals surface area contributed by atoms with Crippen LogP contribution < -0.4 is 4.90 Å². The van der Waals surface area contributed by atoms with Crippen LogP contribution in [0.1, 0.15) is 45.3 Å². The third-order valence-corrected chi connectivity index (χ3v) is 3.68. The first kappa shape index (κ1) is 13.3. The summed E-state index contributed by atoms with van der Waals surface area (Å²) in [5, 5.41) is 9.80. The Morgan fingerprint density at radius 3 is 2.72 bits per heavy atom. The van der Waals surface area contributed by atoms with Crippen molar-refractivity contribution in [3.05, 3.63) is 29.6 Å². The predicted molar refractivity (Wildman–Crippen MR) is 72.3 cm³/mol. The Balaban J connectivity index is 2.32. The minimum atomic E-state index is -0.638. The zero-order valence-corrected chi connectivity index (χ0v) is 11.4. The van der Waals surface area contributed by atoms with Crippen molar-refractivity contribution in [3.63, 3.8) is 0 Å². The van der Waals surface area contributed by atoms with Gasteiger partial charge in [-0.3, -0.25) is 0 Å². The third kappa shape index (κ3) is 2.83. The standard InChI is InChI=1S/C15H22FNO/c1-11(18)13-9-12(16)5-6-14(13)17-8-4-7-15(2,3)10-17/h5-6,9,11,18H,4,7-8,10H2,1-3H3/t11-/m1/s1. The fraction of sp³-hybridized carbons (Fsp3) is 0.600. The molecule has 100 valence electrons. The van der Waals surface area contributed by atoms with Crippen LogP contribution in [0.3, 0.4) is 0 Å². The molecular formula is C15H22FNO. The van der Waals surface area contributed by atoms with Crippen LogP contribution in [0, 0.1) is 11.2 Å². The van der Waals surface area contributed by atoms with E-state index >= 15 is 0 Å². The van der Waals surface area contributed by atoms with Crippen molar-refractivity contribution < 1.29 is 9.50 Å². The van der Waals surface area contributed by atoms with Gasteiger partial charge in [0.15, 0.2) is 0 Å².